The van der Waals surface area contributed by atoms with Crippen molar-refractivity contribution in [3.05, 3.63) is 6.61 Å². The maximum atomic E-state index is 10.0. The van der Waals surface area contributed by atoms with E-state index in [1.54, 1.807) is 0 Å². The predicted octanol–water partition coefficient (Wildman–Crippen LogP) is -0.806. The molecule has 1 saturated heterocycles. The zero-order valence-corrected chi connectivity index (χ0v) is 3.43. The quantitative estimate of drug-likeness (QED) is 0.372. The van der Waals surface area contributed by atoms with Crippen molar-refractivity contribution in [1.29, 1.82) is 0 Å². The number of Topliss-reactive ketones (excluding diaryl/α,β-unsaturated/α-hetero) is 2. The Morgan fingerprint density at radius 2 is 2.29 bits per heavy atom. The van der Waals surface area contributed by atoms with Crippen LogP contribution in [0.5, 0.6) is 0 Å². The van der Waals surface area contributed by atoms with Gasteiger partial charge in [0, 0.05) is 0 Å². The molecule has 7 heavy (non-hydrogen) atoms. The summed E-state index contributed by atoms with van der Waals surface area (Å²) < 4.78 is 4.22. The third kappa shape index (κ3) is 0.667. The Hall–Kier alpha value is -0.700. The second-order valence-electron chi connectivity index (χ2n) is 1.14. The van der Waals surface area contributed by atoms with Gasteiger partial charge in [0.2, 0.25) is 18.2 Å². The molecule has 0 amide bonds. The zero-order chi connectivity index (χ0) is 5.28. The Morgan fingerprint density at radius 3 is 2.43 bits per heavy atom. The van der Waals surface area contributed by atoms with E-state index in [1.807, 2.05) is 6.61 Å². The van der Waals surface area contributed by atoms with E-state index in [4.69, 9.17) is 0 Å². The zero-order valence-electron chi connectivity index (χ0n) is 3.43. The second kappa shape index (κ2) is 1.42. The number of carbonyl (C=O) groups excluding carboxylic acids is 2. The van der Waals surface area contributed by atoms with Crippen LogP contribution < -0.4 is 0 Å². The van der Waals surface area contributed by atoms with Crippen molar-refractivity contribution in [2.45, 2.75) is 0 Å². The van der Waals surface area contributed by atoms with Crippen LogP contribution in [0, 0.1) is 6.61 Å². The van der Waals surface area contributed by atoms with Gasteiger partial charge in [-0.2, -0.15) is 0 Å². The summed E-state index contributed by atoms with van der Waals surface area (Å²) in [6, 6.07) is 0. The Labute approximate surface area is 40.3 Å². The SMILES string of the molecule is O=C1[C]OCC1=O. The first-order chi connectivity index (χ1) is 3.30. The third-order valence-electron chi connectivity index (χ3n) is 0.621. The van der Waals surface area contributed by atoms with Crippen LogP contribution >= 0.6 is 0 Å². The minimum absolute atomic E-state index is 0.126. The molecule has 3 nitrogen and oxygen atoms in total. The maximum absolute atomic E-state index is 10.0. The van der Waals surface area contributed by atoms with Gasteiger partial charge in [-0.05, 0) is 0 Å². The van der Waals surface area contributed by atoms with Crippen molar-refractivity contribution < 1.29 is 14.3 Å². The van der Waals surface area contributed by atoms with Gasteiger partial charge in [-0.25, -0.2) is 0 Å². The van der Waals surface area contributed by atoms with Crippen LogP contribution in [0.3, 0.4) is 0 Å². The number of rotatable bonds is 0. The average Bonchev–Trinajstić information content (AvgIpc) is 1.91. The van der Waals surface area contributed by atoms with Crippen LogP contribution in [-0.2, 0) is 14.3 Å². The molecule has 0 N–H and O–H groups in total. The summed E-state index contributed by atoms with van der Waals surface area (Å²) in [4.78, 5) is 20.0. The van der Waals surface area contributed by atoms with Crippen molar-refractivity contribution in [1.82, 2.24) is 0 Å². The lowest BCUT2D eigenvalue weighted by atomic mass is 10.3. The van der Waals surface area contributed by atoms with Crippen molar-refractivity contribution in [3.8, 4) is 0 Å². The Bertz CT molecular complexity index is 102. The molecule has 1 aliphatic heterocycles. The largest absolute Gasteiger partial charge is 0.351 e. The van der Waals surface area contributed by atoms with Crippen LogP contribution in [0.15, 0.2) is 0 Å². The summed E-state index contributed by atoms with van der Waals surface area (Å²) in [5.74, 6) is -1.17. The molecule has 0 aromatic rings. The first kappa shape index (κ1) is 4.46. The number of hydrogen-bond acceptors (Lipinski definition) is 3. The van der Waals surface area contributed by atoms with E-state index >= 15 is 0 Å². The molecule has 1 heterocycles. The molecule has 1 fully saturated rings. The highest BCUT2D eigenvalue weighted by Gasteiger charge is 2.22. The number of hydrogen-bond donors (Lipinski definition) is 0. The minimum Gasteiger partial charge on any atom is -0.351 e. The summed E-state index contributed by atoms with van der Waals surface area (Å²) in [6.07, 6.45) is 0. The smallest absolute Gasteiger partial charge is 0.239 e. The molecule has 0 aromatic carbocycles. The number of ketones is 2. The van der Waals surface area contributed by atoms with E-state index in [2.05, 4.69) is 4.74 Å². The fraction of sp³-hybridized carbons (Fsp3) is 0.250. The number of carbonyl (C=O) groups is 2. The van der Waals surface area contributed by atoms with Crippen LogP contribution in [0.25, 0.3) is 0 Å². The molecule has 1 rings (SSSR count). The summed E-state index contributed by atoms with van der Waals surface area (Å²) in [6.45, 7) is 1.75. The number of ether oxygens (including phenoxy) is 1. The molecule has 0 bridgehead atoms. The predicted molar refractivity (Wildman–Crippen MR) is 19.2 cm³/mol. The van der Waals surface area contributed by atoms with Gasteiger partial charge in [-0.15, -0.1) is 0 Å². The van der Waals surface area contributed by atoms with E-state index in [9.17, 15) is 9.59 Å². The molecule has 36 valence electrons. The van der Waals surface area contributed by atoms with Gasteiger partial charge in [-0.3, -0.25) is 9.59 Å². The van der Waals surface area contributed by atoms with Crippen LogP contribution in [-0.4, -0.2) is 18.2 Å². The van der Waals surface area contributed by atoms with Gasteiger partial charge in [0.15, 0.2) is 0 Å². The van der Waals surface area contributed by atoms with Gasteiger partial charge in [-0.1, -0.05) is 0 Å². The Morgan fingerprint density at radius 1 is 1.57 bits per heavy atom. The molecule has 0 atom stereocenters. The van der Waals surface area contributed by atoms with Crippen LogP contribution in [0.4, 0.5) is 0 Å². The monoisotopic (exact) mass is 98.0 g/mol. The summed E-state index contributed by atoms with van der Waals surface area (Å²) in [5.41, 5.74) is 0. The molecule has 3 heteroatoms. The third-order valence-corrected chi connectivity index (χ3v) is 0.621. The molecular weight excluding hydrogens is 96.0 g/mol. The molecule has 0 spiro atoms. The minimum atomic E-state index is -0.653. The highest BCUT2D eigenvalue weighted by molar-refractivity contribution is 6.42. The highest BCUT2D eigenvalue weighted by Crippen LogP contribution is 1.95. The average molecular weight is 98.1 g/mol. The van der Waals surface area contributed by atoms with Gasteiger partial charge >= 0.3 is 0 Å². The van der Waals surface area contributed by atoms with E-state index < -0.39 is 11.6 Å². The summed E-state index contributed by atoms with van der Waals surface area (Å²) in [5, 5.41) is 0. The Kier molecular flexibility index (Phi) is 0.906. The second-order valence-corrected chi connectivity index (χ2v) is 1.14. The highest BCUT2D eigenvalue weighted by atomic mass is 16.5. The van der Waals surface area contributed by atoms with Crippen molar-refractivity contribution in [2.75, 3.05) is 6.61 Å². The first-order valence-electron chi connectivity index (χ1n) is 1.75. The first-order valence-corrected chi connectivity index (χ1v) is 1.75. The molecule has 0 unspecified atom stereocenters. The van der Waals surface area contributed by atoms with E-state index in [0.29, 0.717) is 0 Å². The van der Waals surface area contributed by atoms with Gasteiger partial charge < -0.3 is 4.74 Å². The molecule has 0 saturated carbocycles. The van der Waals surface area contributed by atoms with Crippen molar-refractivity contribution >= 4 is 11.6 Å². The Balaban J connectivity index is 2.65. The van der Waals surface area contributed by atoms with Gasteiger partial charge in [0.1, 0.15) is 6.61 Å². The molecule has 2 radical (unpaired) electrons. The van der Waals surface area contributed by atoms with Crippen molar-refractivity contribution in [2.24, 2.45) is 0 Å². The summed E-state index contributed by atoms with van der Waals surface area (Å²) >= 11 is 0. The van der Waals surface area contributed by atoms with E-state index in [1.165, 1.54) is 0 Å². The van der Waals surface area contributed by atoms with Gasteiger partial charge in [0.25, 0.3) is 0 Å². The lowest BCUT2D eigenvalue weighted by Crippen LogP contribution is -2.05. The lowest BCUT2D eigenvalue weighted by molar-refractivity contribution is -0.132. The fourth-order valence-corrected chi connectivity index (χ4v) is 0.290. The van der Waals surface area contributed by atoms with E-state index in [-0.39, 0.29) is 6.61 Å². The van der Waals surface area contributed by atoms with E-state index in [0.717, 1.165) is 0 Å². The summed E-state index contributed by atoms with van der Waals surface area (Å²) in [7, 11) is 0. The molecule has 0 aliphatic carbocycles. The fourth-order valence-electron chi connectivity index (χ4n) is 0.290. The van der Waals surface area contributed by atoms with Crippen LogP contribution in [0.1, 0.15) is 0 Å². The molecule has 1 aliphatic rings. The van der Waals surface area contributed by atoms with Gasteiger partial charge in [0.05, 0.1) is 0 Å². The van der Waals surface area contributed by atoms with Crippen LogP contribution in [0.2, 0.25) is 0 Å². The molecular formula is C4H2O3. The normalized spacial score (nSPS) is 21.1. The standard InChI is InChI=1S/C4H2O3/c5-3-1-7-2-4(3)6/h1H2. The maximum Gasteiger partial charge on any atom is 0.239 e. The van der Waals surface area contributed by atoms with Crippen molar-refractivity contribution in [3.63, 3.8) is 0 Å². The lowest BCUT2D eigenvalue weighted by Gasteiger charge is -1.71. The topological polar surface area (TPSA) is 43.4 Å². The molecule has 0 aromatic heterocycles.